The fraction of sp³-hybridized carbons (Fsp3) is 0.417. The van der Waals surface area contributed by atoms with E-state index in [1.807, 2.05) is 0 Å². The van der Waals surface area contributed by atoms with Crippen LogP contribution in [-0.4, -0.2) is 32.8 Å². The highest BCUT2D eigenvalue weighted by Gasteiger charge is 2.34. The minimum absolute atomic E-state index is 0.0746. The summed E-state index contributed by atoms with van der Waals surface area (Å²) in [5.41, 5.74) is 4.99. The number of hydrogen-bond donors (Lipinski definition) is 2. The van der Waals surface area contributed by atoms with Gasteiger partial charge in [0.2, 0.25) is 5.95 Å². The third-order valence-corrected chi connectivity index (χ3v) is 2.76. The fourth-order valence-corrected chi connectivity index (χ4v) is 1.73. The standard InChI is InChI=1S/C12H15F3N6/c1-21-9(3-6-18-21)8-7-10(12(13,14)15)20-11(19-8)17-5-2-4-16/h3,6-7H,2,4-5,16H2,1H3,(H,17,19,20). The number of aryl methyl sites for hydroxylation is 1. The van der Waals surface area contributed by atoms with Crippen LogP contribution < -0.4 is 11.1 Å². The van der Waals surface area contributed by atoms with E-state index in [0.717, 1.165) is 6.07 Å². The van der Waals surface area contributed by atoms with Gasteiger partial charge in [0.1, 0.15) is 0 Å². The smallest absolute Gasteiger partial charge is 0.354 e. The number of nitrogens with zero attached hydrogens (tertiary/aromatic N) is 4. The molecule has 2 aromatic heterocycles. The summed E-state index contributed by atoms with van der Waals surface area (Å²) in [6, 6.07) is 2.50. The molecule has 3 N–H and O–H groups in total. The highest BCUT2D eigenvalue weighted by atomic mass is 19.4. The molecule has 0 amide bonds. The van der Waals surface area contributed by atoms with Crippen LogP contribution in [0.15, 0.2) is 18.3 Å². The number of nitrogens with one attached hydrogen (secondary N) is 1. The van der Waals surface area contributed by atoms with Crippen LogP contribution >= 0.6 is 0 Å². The van der Waals surface area contributed by atoms with Crippen LogP contribution in [0.4, 0.5) is 19.1 Å². The van der Waals surface area contributed by atoms with E-state index in [1.165, 1.54) is 10.9 Å². The molecule has 0 aliphatic rings. The van der Waals surface area contributed by atoms with Gasteiger partial charge in [0.15, 0.2) is 5.69 Å². The van der Waals surface area contributed by atoms with Gasteiger partial charge in [-0.3, -0.25) is 4.68 Å². The van der Waals surface area contributed by atoms with Crippen LogP contribution in [0.3, 0.4) is 0 Å². The van der Waals surface area contributed by atoms with Crippen LogP contribution in [0, 0.1) is 0 Å². The number of hydrogen-bond acceptors (Lipinski definition) is 5. The lowest BCUT2D eigenvalue weighted by Crippen LogP contribution is -2.15. The molecule has 0 aliphatic carbocycles. The average Bonchev–Trinajstić information content (AvgIpc) is 2.84. The Morgan fingerprint density at radius 2 is 2.10 bits per heavy atom. The van der Waals surface area contributed by atoms with Crippen LogP contribution in [-0.2, 0) is 13.2 Å². The summed E-state index contributed by atoms with van der Waals surface area (Å²) < 4.78 is 40.2. The average molecular weight is 300 g/mol. The summed E-state index contributed by atoms with van der Waals surface area (Å²) >= 11 is 0. The van der Waals surface area contributed by atoms with E-state index >= 15 is 0 Å². The molecule has 0 radical (unpaired) electrons. The fourth-order valence-electron chi connectivity index (χ4n) is 1.73. The number of aromatic nitrogens is 4. The molecule has 6 nitrogen and oxygen atoms in total. The first-order valence-corrected chi connectivity index (χ1v) is 6.30. The van der Waals surface area contributed by atoms with Gasteiger partial charge in [-0.05, 0) is 25.1 Å². The van der Waals surface area contributed by atoms with Gasteiger partial charge in [-0.2, -0.15) is 18.3 Å². The first-order valence-electron chi connectivity index (χ1n) is 6.30. The van der Waals surface area contributed by atoms with Crippen molar-refractivity contribution in [2.75, 3.05) is 18.4 Å². The van der Waals surface area contributed by atoms with E-state index < -0.39 is 11.9 Å². The van der Waals surface area contributed by atoms with Crippen LogP contribution in [0.1, 0.15) is 12.1 Å². The van der Waals surface area contributed by atoms with Gasteiger partial charge in [-0.25, -0.2) is 9.97 Å². The molecule has 0 saturated heterocycles. The first-order chi connectivity index (χ1) is 9.91. The highest BCUT2D eigenvalue weighted by Crippen LogP contribution is 2.30. The minimum atomic E-state index is -4.54. The van der Waals surface area contributed by atoms with E-state index in [-0.39, 0.29) is 11.6 Å². The van der Waals surface area contributed by atoms with Crippen molar-refractivity contribution in [3.05, 3.63) is 24.0 Å². The Balaban J connectivity index is 2.40. The molecule has 0 bridgehead atoms. The van der Waals surface area contributed by atoms with Gasteiger partial charge in [0, 0.05) is 19.8 Å². The molecule has 2 rings (SSSR count). The zero-order valence-electron chi connectivity index (χ0n) is 11.4. The molecule has 0 atom stereocenters. The highest BCUT2D eigenvalue weighted by molar-refractivity contribution is 5.56. The van der Waals surface area contributed by atoms with Crippen molar-refractivity contribution in [1.29, 1.82) is 0 Å². The Hall–Kier alpha value is -2.16. The molecule has 2 aromatic rings. The second kappa shape index (κ2) is 6.08. The van der Waals surface area contributed by atoms with Crippen LogP contribution in [0.2, 0.25) is 0 Å². The normalized spacial score (nSPS) is 11.7. The van der Waals surface area contributed by atoms with Gasteiger partial charge in [-0.1, -0.05) is 0 Å². The van der Waals surface area contributed by atoms with Crippen molar-refractivity contribution in [2.24, 2.45) is 12.8 Å². The van der Waals surface area contributed by atoms with Crippen molar-refractivity contribution >= 4 is 5.95 Å². The molecule has 0 aliphatic heterocycles. The van der Waals surface area contributed by atoms with Gasteiger partial charge in [0.05, 0.1) is 11.4 Å². The van der Waals surface area contributed by atoms with Gasteiger partial charge < -0.3 is 11.1 Å². The third-order valence-electron chi connectivity index (χ3n) is 2.76. The van der Waals surface area contributed by atoms with Crippen molar-refractivity contribution in [2.45, 2.75) is 12.6 Å². The summed E-state index contributed by atoms with van der Waals surface area (Å²) in [6.45, 7) is 0.836. The van der Waals surface area contributed by atoms with Crippen molar-refractivity contribution in [3.63, 3.8) is 0 Å². The molecule has 0 aromatic carbocycles. The van der Waals surface area contributed by atoms with Gasteiger partial charge >= 0.3 is 6.18 Å². The van der Waals surface area contributed by atoms with Crippen molar-refractivity contribution in [3.8, 4) is 11.4 Å². The predicted octanol–water partition coefficient (Wildman–Crippen LogP) is 1.66. The van der Waals surface area contributed by atoms with Crippen molar-refractivity contribution < 1.29 is 13.2 Å². The predicted molar refractivity (Wildman–Crippen MR) is 71.4 cm³/mol. The molecule has 0 saturated carbocycles. The molecule has 2 heterocycles. The maximum absolute atomic E-state index is 12.9. The Labute approximate surface area is 119 Å². The summed E-state index contributed by atoms with van der Waals surface area (Å²) in [6.07, 6.45) is -2.44. The van der Waals surface area contributed by atoms with Crippen LogP contribution in [0.25, 0.3) is 11.4 Å². The summed E-state index contributed by atoms with van der Waals surface area (Å²) in [4.78, 5) is 7.60. The second-order valence-electron chi connectivity index (χ2n) is 4.37. The molecule has 114 valence electrons. The van der Waals surface area contributed by atoms with E-state index in [2.05, 4.69) is 20.4 Å². The topological polar surface area (TPSA) is 81.7 Å². The number of rotatable bonds is 5. The quantitative estimate of drug-likeness (QED) is 0.821. The Kier molecular flexibility index (Phi) is 4.41. The lowest BCUT2D eigenvalue weighted by atomic mass is 10.2. The van der Waals surface area contributed by atoms with Gasteiger partial charge in [0.25, 0.3) is 0 Å². The van der Waals surface area contributed by atoms with E-state index in [0.29, 0.717) is 25.2 Å². The number of halogens is 3. The molecule has 21 heavy (non-hydrogen) atoms. The molecule has 0 unspecified atom stereocenters. The Morgan fingerprint density at radius 3 is 2.67 bits per heavy atom. The molecule has 0 fully saturated rings. The minimum Gasteiger partial charge on any atom is -0.354 e. The maximum Gasteiger partial charge on any atom is 0.433 e. The maximum atomic E-state index is 12.9. The van der Waals surface area contributed by atoms with E-state index in [9.17, 15) is 13.2 Å². The monoisotopic (exact) mass is 300 g/mol. The molecule has 9 heteroatoms. The summed E-state index contributed by atoms with van der Waals surface area (Å²) in [5.74, 6) is -0.0746. The SMILES string of the molecule is Cn1nccc1-c1cc(C(F)(F)F)nc(NCCCN)n1. The summed E-state index contributed by atoms with van der Waals surface area (Å²) in [5, 5.41) is 6.68. The number of anilines is 1. The molecular formula is C12H15F3N6. The third kappa shape index (κ3) is 3.69. The van der Waals surface area contributed by atoms with E-state index in [1.54, 1.807) is 13.1 Å². The summed E-state index contributed by atoms with van der Waals surface area (Å²) in [7, 11) is 1.63. The Bertz CT molecular complexity index is 607. The number of alkyl halides is 3. The zero-order valence-corrected chi connectivity index (χ0v) is 11.4. The molecular weight excluding hydrogens is 285 g/mol. The van der Waals surface area contributed by atoms with Crippen LogP contribution in [0.5, 0.6) is 0 Å². The zero-order chi connectivity index (χ0) is 15.5. The molecule has 0 spiro atoms. The van der Waals surface area contributed by atoms with Crippen molar-refractivity contribution in [1.82, 2.24) is 19.7 Å². The lowest BCUT2D eigenvalue weighted by Gasteiger charge is -2.11. The Morgan fingerprint density at radius 1 is 1.33 bits per heavy atom. The lowest BCUT2D eigenvalue weighted by molar-refractivity contribution is -0.141. The van der Waals surface area contributed by atoms with E-state index in [4.69, 9.17) is 5.73 Å². The second-order valence-corrected chi connectivity index (χ2v) is 4.37. The number of nitrogens with two attached hydrogens (primary N) is 1. The first kappa shape index (κ1) is 15.2. The largest absolute Gasteiger partial charge is 0.433 e. The van der Waals surface area contributed by atoms with Gasteiger partial charge in [-0.15, -0.1) is 0 Å².